The van der Waals surface area contributed by atoms with Crippen molar-refractivity contribution in [3.8, 4) is 11.1 Å². The Hall–Kier alpha value is -2.30. The van der Waals surface area contributed by atoms with Crippen molar-refractivity contribution in [3.05, 3.63) is 35.0 Å². The number of methoxy groups -OCH3 is 1. The van der Waals surface area contributed by atoms with Crippen molar-refractivity contribution in [3.63, 3.8) is 0 Å². The second-order valence-corrected chi connectivity index (χ2v) is 4.15. The summed E-state index contributed by atoms with van der Waals surface area (Å²) in [6, 6.07) is 3.75. The summed E-state index contributed by atoms with van der Waals surface area (Å²) < 4.78 is 4.78. The van der Waals surface area contributed by atoms with Gasteiger partial charge < -0.3 is 10.5 Å². The predicted molar refractivity (Wildman–Crippen MR) is 69.2 cm³/mol. The third-order valence-corrected chi connectivity index (χ3v) is 3.05. The summed E-state index contributed by atoms with van der Waals surface area (Å²) >= 11 is 0. The van der Waals surface area contributed by atoms with Crippen LogP contribution in [0.25, 0.3) is 11.1 Å². The van der Waals surface area contributed by atoms with Crippen molar-refractivity contribution in [1.82, 2.24) is 10.2 Å². The van der Waals surface area contributed by atoms with Crippen LogP contribution < -0.4 is 5.73 Å². The molecule has 0 saturated heterocycles. The number of nitrogens with one attached hydrogen (secondary N) is 1. The van der Waals surface area contributed by atoms with E-state index in [0.29, 0.717) is 11.4 Å². The second kappa shape index (κ2) is 4.52. The molecule has 0 fully saturated rings. The van der Waals surface area contributed by atoms with E-state index in [1.807, 2.05) is 19.9 Å². The summed E-state index contributed by atoms with van der Waals surface area (Å²) in [6.07, 6.45) is 1.64. The number of aryl methyl sites for hydroxylation is 1. The lowest BCUT2D eigenvalue weighted by Crippen LogP contribution is -2.05. The number of anilines is 1. The highest BCUT2D eigenvalue weighted by molar-refractivity contribution is 5.93. The first-order valence-electron chi connectivity index (χ1n) is 5.53. The van der Waals surface area contributed by atoms with Gasteiger partial charge >= 0.3 is 5.97 Å². The van der Waals surface area contributed by atoms with Gasteiger partial charge in [0.25, 0.3) is 0 Å². The van der Waals surface area contributed by atoms with Crippen molar-refractivity contribution in [2.75, 3.05) is 12.8 Å². The molecule has 0 saturated carbocycles. The van der Waals surface area contributed by atoms with E-state index >= 15 is 0 Å². The number of esters is 1. The zero-order valence-corrected chi connectivity index (χ0v) is 10.6. The lowest BCUT2D eigenvalue weighted by atomic mass is 9.97. The molecule has 18 heavy (non-hydrogen) atoms. The molecule has 0 bridgehead atoms. The zero-order valence-electron chi connectivity index (χ0n) is 10.6. The summed E-state index contributed by atoms with van der Waals surface area (Å²) in [5.41, 5.74) is 9.88. The van der Waals surface area contributed by atoms with Crippen LogP contribution in [0, 0.1) is 13.8 Å². The van der Waals surface area contributed by atoms with Crippen LogP contribution in [-0.2, 0) is 4.74 Å². The van der Waals surface area contributed by atoms with Gasteiger partial charge in [-0.25, -0.2) is 4.79 Å². The number of H-pyrrole nitrogens is 1. The van der Waals surface area contributed by atoms with Crippen molar-refractivity contribution >= 4 is 11.8 Å². The highest BCUT2D eigenvalue weighted by Crippen LogP contribution is 2.28. The third kappa shape index (κ3) is 1.95. The molecule has 0 amide bonds. The first-order chi connectivity index (χ1) is 8.54. The Morgan fingerprint density at radius 2 is 2.11 bits per heavy atom. The molecule has 94 valence electrons. The normalized spacial score (nSPS) is 10.4. The van der Waals surface area contributed by atoms with Crippen LogP contribution in [-0.4, -0.2) is 23.3 Å². The molecule has 3 N–H and O–H groups in total. The number of rotatable bonds is 2. The summed E-state index contributed by atoms with van der Waals surface area (Å²) in [7, 11) is 1.37. The average molecular weight is 245 g/mol. The van der Waals surface area contributed by atoms with Crippen molar-refractivity contribution in [2.45, 2.75) is 13.8 Å². The summed E-state index contributed by atoms with van der Waals surface area (Å²) in [4.78, 5) is 11.7. The average Bonchev–Trinajstić information content (AvgIpc) is 2.78. The summed E-state index contributed by atoms with van der Waals surface area (Å²) in [5, 5.41) is 6.55. The molecule has 0 aliphatic carbocycles. The van der Waals surface area contributed by atoms with Crippen molar-refractivity contribution in [2.24, 2.45) is 0 Å². The van der Waals surface area contributed by atoms with Crippen LogP contribution in [0.2, 0.25) is 0 Å². The number of aromatic amines is 1. The van der Waals surface area contributed by atoms with Gasteiger partial charge in [0.1, 0.15) is 5.82 Å². The fourth-order valence-corrected chi connectivity index (χ4v) is 1.86. The Morgan fingerprint density at radius 3 is 2.67 bits per heavy atom. The minimum atomic E-state index is -0.348. The Balaban J connectivity index is 2.61. The van der Waals surface area contributed by atoms with Gasteiger partial charge in [0.05, 0.1) is 18.9 Å². The van der Waals surface area contributed by atoms with Crippen LogP contribution in [0.15, 0.2) is 18.3 Å². The number of hydrogen-bond acceptors (Lipinski definition) is 4. The molecule has 5 heteroatoms. The maximum atomic E-state index is 11.7. The monoisotopic (exact) mass is 245 g/mol. The predicted octanol–water partition coefficient (Wildman–Crippen LogP) is 2.06. The molecule has 1 aromatic heterocycles. The van der Waals surface area contributed by atoms with Gasteiger partial charge in [0.15, 0.2) is 0 Å². The number of carbonyl (C=O) groups is 1. The Morgan fingerprint density at radius 1 is 1.39 bits per heavy atom. The maximum Gasteiger partial charge on any atom is 0.338 e. The number of carbonyl (C=O) groups excluding carboxylic acids is 1. The number of aromatic nitrogens is 2. The minimum Gasteiger partial charge on any atom is -0.465 e. The van der Waals surface area contributed by atoms with Crippen LogP contribution in [0.1, 0.15) is 21.5 Å². The first-order valence-corrected chi connectivity index (χ1v) is 5.53. The molecular formula is C13H15N3O2. The molecule has 0 unspecified atom stereocenters. The lowest BCUT2D eigenvalue weighted by molar-refractivity contribution is 0.0600. The molecular weight excluding hydrogens is 230 g/mol. The number of ether oxygens (including phenoxy) is 1. The van der Waals surface area contributed by atoms with E-state index < -0.39 is 0 Å². The van der Waals surface area contributed by atoms with Crippen LogP contribution in [0.5, 0.6) is 0 Å². The van der Waals surface area contributed by atoms with Crippen LogP contribution >= 0.6 is 0 Å². The molecule has 1 heterocycles. The molecule has 5 nitrogen and oxygen atoms in total. The quantitative estimate of drug-likeness (QED) is 0.793. The number of nitrogens with zero attached hydrogens (tertiary/aromatic N) is 1. The molecule has 0 aliphatic rings. The minimum absolute atomic E-state index is 0.348. The number of nitrogen functional groups attached to an aromatic ring is 1. The van der Waals surface area contributed by atoms with E-state index in [0.717, 1.165) is 22.3 Å². The molecule has 0 aliphatic heterocycles. The smallest absolute Gasteiger partial charge is 0.338 e. The van der Waals surface area contributed by atoms with Crippen molar-refractivity contribution < 1.29 is 9.53 Å². The third-order valence-electron chi connectivity index (χ3n) is 3.05. The topological polar surface area (TPSA) is 81.0 Å². The van der Waals surface area contributed by atoms with Gasteiger partial charge in [-0.2, -0.15) is 5.10 Å². The van der Waals surface area contributed by atoms with E-state index in [1.165, 1.54) is 7.11 Å². The SMILES string of the molecule is COC(=O)c1cc(-c2cn[nH]c2N)cc(C)c1C. The number of nitrogens with two attached hydrogens (primary N) is 1. The Bertz CT molecular complexity index is 602. The van der Waals surface area contributed by atoms with Gasteiger partial charge in [-0.3, -0.25) is 5.10 Å². The van der Waals surface area contributed by atoms with Crippen LogP contribution in [0.4, 0.5) is 5.82 Å². The van der Waals surface area contributed by atoms with Gasteiger partial charge in [-0.15, -0.1) is 0 Å². The van der Waals surface area contributed by atoms with Crippen LogP contribution in [0.3, 0.4) is 0 Å². The van der Waals surface area contributed by atoms with E-state index in [-0.39, 0.29) is 5.97 Å². The van der Waals surface area contributed by atoms with E-state index in [9.17, 15) is 4.79 Å². The first kappa shape index (κ1) is 12.2. The Labute approximate surface area is 105 Å². The van der Waals surface area contributed by atoms with Gasteiger partial charge in [-0.05, 0) is 36.6 Å². The summed E-state index contributed by atoms with van der Waals surface area (Å²) in [5.74, 6) is 0.133. The highest BCUT2D eigenvalue weighted by Gasteiger charge is 2.14. The molecule has 2 aromatic rings. The van der Waals surface area contributed by atoms with E-state index in [2.05, 4.69) is 10.2 Å². The fourth-order valence-electron chi connectivity index (χ4n) is 1.86. The van der Waals surface area contributed by atoms with Gasteiger partial charge in [-0.1, -0.05) is 6.07 Å². The molecule has 0 atom stereocenters. The standard InChI is InChI=1S/C13H15N3O2/c1-7-4-9(11-6-15-16-12(11)14)5-10(8(7)2)13(17)18-3/h4-6H,1-3H3,(H3,14,15,16). The second-order valence-electron chi connectivity index (χ2n) is 4.15. The fraction of sp³-hybridized carbons (Fsp3) is 0.231. The summed E-state index contributed by atoms with van der Waals surface area (Å²) in [6.45, 7) is 3.84. The van der Waals surface area contributed by atoms with E-state index in [1.54, 1.807) is 12.3 Å². The zero-order chi connectivity index (χ0) is 13.3. The molecule has 1 aromatic carbocycles. The maximum absolute atomic E-state index is 11.7. The van der Waals surface area contributed by atoms with Crippen molar-refractivity contribution in [1.29, 1.82) is 0 Å². The molecule has 0 radical (unpaired) electrons. The molecule has 2 rings (SSSR count). The highest BCUT2D eigenvalue weighted by atomic mass is 16.5. The van der Waals surface area contributed by atoms with E-state index in [4.69, 9.17) is 10.5 Å². The largest absolute Gasteiger partial charge is 0.465 e. The molecule has 0 spiro atoms. The number of hydrogen-bond donors (Lipinski definition) is 2. The van der Waals surface area contributed by atoms with Gasteiger partial charge in [0.2, 0.25) is 0 Å². The Kier molecular flexibility index (Phi) is 3.06. The van der Waals surface area contributed by atoms with Gasteiger partial charge in [0, 0.05) is 5.56 Å². The lowest BCUT2D eigenvalue weighted by Gasteiger charge is -2.10. The number of benzene rings is 1.